The summed E-state index contributed by atoms with van der Waals surface area (Å²) in [5.41, 5.74) is 0.362. The van der Waals surface area contributed by atoms with Gasteiger partial charge in [0.15, 0.2) is 6.61 Å². The molecule has 0 saturated carbocycles. The number of rotatable bonds is 6. The van der Waals surface area contributed by atoms with Gasteiger partial charge in [-0.1, -0.05) is 30.3 Å². The van der Waals surface area contributed by atoms with Crippen molar-refractivity contribution in [3.05, 3.63) is 35.9 Å². The first-order valence-corrected chi connectivity index (χ1v) is 5.68. The van der Waals surface area contributed by atoms with Gasteiger partial charge in [0.1, 0.15) is 5.75 Å². The van der Waals surface area contributed by atoms with Gasteiger partial charge in [0.2, 0.25) is 0 Å². The zero-order chi connectivity index (χ0) is 14.3. The highest BCUT2D eigenvalue weighted by Crippen LogP contribution is 2.23. The molecule has 7 heteroatoms. The number of ether oxygens (including phenoxy) is 1. The fourth-order valence-electron chi connectivity index (χ4n) is 1.18. The monoisotopic (exact) mass is 284 g/mol. The van der Waals surface area contributed by atoms with Crippen molar-refractivity contribution >= 4 is 29.3 Å². The molecule has 0 heterocycles. The van der Waals surface area contributed by atoms with Gasteiger partial charge >= 0.3 is 12.0 Å². The van der Waals surface area contributed by atoms with Crippen LogP contribution in [0.1, 0.15) is 0 Å². The van der Waals surface area contributed by atoms with Crippen molar-refractivity contribution in [3.63, 3.8) is 0 Å². The number of carbonyl (C=O) groups excluding carboxylic acids is 1. The number of para-hydroxylation sites is 2. The van der Waals surface area contributed by atoms with E-state index in [2.05, 4.69) is 17.2 Å². The first-order chi connectivity index (χ1) is 8.99. The Bertz CT molecular complexity index is 490. The van der Waals surface area contributed by atoms with Gasteiger partial charge in [-0.2, -0.15) is 0 Å². The minimum Gasteiger partial charge on any atom is -0.480 e. The average Bonchev–Trinajstić information content (AvgIpc) is 2.35. The molecular formula is C12H13ClN2O4. The standard InChI is InChI=1S/C12H13ClN2O4/c1-8(13)6-14-12(18)15-9-4-2-3-5-10(9)19-7-11(16)17/h2-5H,1,6-7H2,(H,16,17)(H2,14,15,18). The normalized spacial score (nSPS) is 9.53. The lowest BCUT2D eigenvalue weighted by molar-refractivity contribution is -0.139. The molecule has 0 aliphatic carbocycles. The van der Waals surface area contributed by atoms with E-state index < -0.39 is 18.6 Å². The number of halogens is 1. The summed E-state index contributed by atoms with van der Waals surface area (Å²) < 4.78 is 5.04. The quantitative estimate of drug-likeness (QED) is 0.746. The van der Waals surface area contributed by atoms with Gasteiger partial charge < -0.3 is 20.5 Å². The van der Waals surface area contributed by atoms with Crippen LogP contribution in [0.25, 0.3) is 0 Å². The predicted molar refractivity (Wildman–Crippen MR) is 71.6 cm³/mol. The van der Waals surface area contributed by atoms with Crippen LogP contribution in [0.5, 0.6) is 5.75 Å². The van der Waals surface area contributed by atoms with E-state index in [0.717, 1.165) is 0 Å². The number of amides is 2. The maximum atomic E-state index is 11.5. The van der Waals surface area contributed by atoms with E-state index >= 15 is 0 Å². The number of urea groups is 1. The Morgan fingerprint density at radius 3 is 2.68 bits per heavy atom. The van der Waals surface area contributed by atoms with Crippen molar-refractivity contribution in [3.8, 4) is 5.75 Å². The van der Waals surface area contributed by atoms with Crippen LogP contribution in [0.15, 0.2) is 35.9 Å². The maximum Gasteiger partial charge on any atom is 0.341 e. The summed E-state index contributed by atoms with van der Waals surface area (Å²) in [6.07, 6.45) is 0. The second-order valence-electron chi connectivity index (χ2n) is 3.50. The first-order valence-electron chi connectivity index (χ1n) is 5.31. The lowest BCUT2D eigenvalue weighted by Crippen LogP contribution is -2.29. The summed E-state index contributed by atoms with van der Waals surface area (Å²) in [5, 5.41) is 13.8. The Morgan fingerprint density at radius 1 is 1.37 bits per heavy atom. The fourth-order valence-corrected chi connectivity index (χ4v) is 1.24. The highest BCUT2D eigenvalue weighted by Gasteiger charge is 2.08. The summed E-state index contributed by atoms with van der Waals surface area (Å²) in [6.45, 7) is 3.08. The summed E-state index contributed by atoms with van der Waals surface area (Å²) in [4.78, 5) is 21.9. The van der Waals surface area contributed by atoms with Crippen molar-refractivity contribution in [2.45, 2.75) is 0 Å². The van der Waals surface area contributed by atoms with Gasteiger partial charge in [0.25, 0.3) is 0 Å². The molecule has 0 atom stereocenters. The second-order valence-corrected chi connectivity index (χ2v) is 4.04. The largest absolute Gasteiger partial charge is 0.480 e. The van der Waals surface area contributed by atoms with Crippen LogP contribution in [-0.4, -0.2) is 30.3 Å². The molecule has 1 aromatic rings. The Kier molecular flexibility index (Phi) is 5.69. The number of nitrogens with one attached hydrogen (secondary N) is 2. The molecule has 0 spiro atoms. The van der Waals surface area contributed by atoms with E-state index in [9.17, 15) is 9.59 Å². The van der Waals surface area contributed by atoms with E-state index in [-0.39, 0.29) is 12.3 Å². The topological polar surface area (TPSA) is 87.7 Å². The van der Waals surface area contributed by atoms with Gasteiger partial charge in [-0.25, -0.2) is 9.59 Å². The van der Waals surface area contributed by atoms with Crippen LogP contribution in [0.3, 0.4) is 0 Å². The van der Waals surface area contributed by atoms with Crippen LogP contribution in [0.2, 0.25) is 0 Å². The van der Waals surface area contributed by atoms with Crippen molar-refractivity contribution in [2.24, 2.45) is 0 Å². The Balaban J connectivity index is 2.64. The predicted octanol–water partition coefficient (Wildman–Crippen LogP) is 2.02. The lowest BCUT2D eigenvalue weighted by atomic mass is 10.3. The molecule has 1 aromatic carbocycles. The highest BCUT2D eigenvalue weighted by atomic mass is 35.5. The molecule has 6 nitrogen and oxygen atoms in total. The van der Waals surface area contributed by atoms with Gasteiger partial charge in [-0.15, -0.1) is 0 Å². The molecule has 0 bridgehead atoms. The Hall–Kier alpha value is -2.21. The molecule has 0 aliphatic rings. The number of anilines is 1. The molecule has 19 heavy (non-hydrogen) atoms. The molecule has 102 valence electrons. The lowest BCUT2D eigenvalue weighted by Gasteiger charge is -2.11. The van der Waals surface area contributed by atoms with Gasteiger partial charge in [-0.3, -0.25) is 0 Å². The summed E-state index contributed by atoms with van der Waals surface area (Å²) in [5.74, 6) is -0.831. The molecular weight excluding hydrogens is 272 g/mol. The van der Waals surface area contributed by atoms with Crippen LogP contribution in [0.4, 0.5) is 10.5 Å². The van der Waals surface area contributed by atoms with Gasteiger partial charge in [0, 0.05) is 5.03 Å². The third kappa shape index (κ3) is 5.78. The number of carboxylic acid groups (broad SMARTS) is 1. The van der Waals surface area contributed by atoms with E-state index in [4.69, 9.17) is 21.4 Å². The number of hydrogen-bond donors (Lipinski definition) is 3. The van der Waals surface area contributed by atoms with E-state index in [1.54, 1.807) is 24.3 Å². The molecule has 0 saturated heterocycles. The SMILES string of the molecule is C=C(Cl)CNC(=O)Nc1ccccc1OCC(=O)O. The van der Waals surface area contributed by atoms with Gasteiger partial charge in [-0.05, 0) is 12.1 Å². The summed E-state index contributed by atoms with van der Waals surface area (Å²) >= 11 is 5.51. The van der Waals surface area contributed by atoms with Crippen molar-refractivity contribution in [2.75, 3.05) is 18.5 Å². The summed E-state index contributed by atoms with van der Waals surface area (Å²) in [7, 11) is 0. The zero-order valence-corrected chi connectivity index (χ0v) is 10.7. The molecule has 0 radical (unpaired) electrons. The van der Waals surface area contributed by atoms with Crippen molar-refractivity contribution in [1.29, 1.82) is 0 Å². The number of aliphatic carboxylic acids is 1. The minimum atomic E-state index is -1.10. The molecule has 0 fully saturated rings. The van der Waals surface area contributed by atoms with Crippen molar-refractivity contribution < 1.29 is 19.4 Å². The maximum absolute atomic E-state index is 11.5. The third-order valence-electron chi connectivity index (χ3n) is 1.93. The molecule has 2 amide bonds. The van der Waals surface area contributed by atoms with Crippen LogP contribution in [-0.2, 0) is 4.79 Å². The minimum absolute atomic E-state index is 0.130. The molecule has 3 N–H and O–H groups in total. The zero-order valence-electron chi connectivity index (χ0n) is 9.98. The highest BCUT2D eigenvalue weighted by molar-refractivity contribution is 6.29. The average molecular weight is 285 g/mol. The summed E-state index contributed by atoms with van der Waals surface area (Å²) in [6, 6.07) is 6.00. The molecule has 0 aliphatic heterocycles. The number of hydrogen-bond acceptors (Lipinski definition) is 3. The number of benzene rings is 1. The van der Waals surface area contributed by atoms with Gasteiger partial charge in [0.05, 0.1) is 12.2 Å². The number of carbonyl (C=O) groups is 2. The molecule has 0 unspecified atom stereocenters. The fraction of sp³-hybridized carbons (Fsp3) is 0.167. The Morgan fingerprint density at radius 2 is 2.05 bits per heavy atom. The van der Waals surface area contributed by atoms with Crippen LogP contribution >= 0.6 is 11.6 Å². The second kappa shape index (κ2) is 7.27. The van der Waals surface area contributed by atoms with Crippen LogP contribution in [0, 0.1) is 0 Å². The molecule has 0 aromatic heterocycles. The smallest absolute Gasteiger partial charge is 0.341 e. The van der Waals surface area contributed by atoms with E-state index in [0.29, 0.717) is 10.7 Å². The number of carboxylic acids is 1. The Labute approximate surface area is 115 Å². The van der Waals surface area contributed by atoms with E-state index in [1.807, 2.05) is 0 Å². The van der Waals surface area contributed by atoms with Crippen LogP contribution < -0.4 is 15.4 Å². The first kappa shape index (κ1) is 14.8. The third-order valence-corrected chi connectivity index (χ3v) is 2.06. The van der Waals surface area contributed by atoms with E-state index in [1.165, 1.54) is 0 Å². The van der Waals surface area contributed by atoms with Crippen molar-refractivity contribution in [1.82, 2.24) is 5.32 Å². The molecule has 1 rings (SSSR count).